The third-order valence-electron chi connectivity index (χ3n) is 2.25. The van der Waals surface area contributed by atoms with E-state index < -0.39 is 5.91 Å². The summed E-state index contributed by atoms with van der Waals surface area (Å²) < 4.78 is 5.02. The van der Waals surface area contributed by atoms with Gasteiger partial charge >= 0.3 is 0 Å². The quantitative estimate of drug-likeness (QED) is 0.261. The van der Waals surface area contributed by atoms with Crippen LogP contribution in [0.5, 0.6) is 0 Å². The molecule has 0 fully saturated rings. The van der Waals surface area contributed by atoms with Crippen LogP contribution in [0.4, 0.5) is 5.69 Å². The Morgan fingerprint density at radius 2 is 2.26 bits per heavy atom. The minimum absolute atomic E-state index is 0.140. The SMILES string of the molecule is NNC(=O)c1cc(CSc2ccc(N)cc2Cl)on1. The molecule has 0 atom stereocenters. The van der Waals surface area contributed by atoms with Gasteiger partial charge in [-0.3, -0.25) is 10.2 Å². The molecule has 2 aromatic rings. The van der Waals surface area contributed by atoms with Crippen LogP contribution in [0.1, 0.15) is 16.2 Å². The summed E-state index contributed by atoms with van der Waals surface area (Å²) in [6.45, 7) is 0. The van der Waals surface area contributed by atoms with Gasteiger partial charge in [0.1, 0.15) is 5.76 Å². The molecule has 100 valence electrons. The normalized spacial score (nSPS) is 10.4. The van der Waals surface area contributed by atoms with Crippen molar-refractivity contribution < 1.29 is 9.32 Å². The van der Waals surface area contributed by atoms with Gasteiger partial charge in [0.15, 0.2) is 5.69 Å². The molecule has 0 aliphatic rings. The van der Waals surface area contributed by atoms with E-state index >= 15 is 0 Å². The zero-order valence-corrected chi connectivity index (χ0v) is 11.3. The van der Waals surface area contributed by atoms with Crippen LogP contribution in [0.3, 0.4) is 0 Å². The van der Waals surface area contributed by atoms with Crippen LogP contribution < -0.4 is 17.0 Å². The Labute approximate surface area is 118 Å². The second kappa shape index (κ2) is 5.96. The van der Waals surface area contributed by atoms with Gasteiger partial charge in [0.2, 0.25) is 0 Å². The van der Waals surface area contributed by atoms with E-state index in [9.17, 15) is 4.79 Å². The maximum absolute atomic E-state index is 11.2. The molecule has 6 nitrogen and oxygen atoms in total. The molecule has 0 unspecified atom stereocenters. The number of thioether (sulfide) groups is 1. The summed E-state index contributed by atoms with van der Waals surface area (Å²) in [6.07, 6.45) is 0. The van der Waals surface area contributed by atoms with Crippen molar-refractivity contribution in [1.29, 1.82) is 0 Å². The van der Waals surface area contributed by atoms with E-state index in [4.69, 9.17) is 27.7 Å². The number of amides is 1. The fourth-order valence-corrected chi connectivity index (χ4v) is 2.49. The van der Waals surface area contributed by atoms with Crippen LogP contribution in [0.25, 0.3) is 0 Å². The Morgan fingerprint density at radius 3 is 2.95 bits per heavy atom. The molecule has 2 rings (SSSR count). The van der Waals surface area contributed by atoms with Crippen molar-refractivity contribution in [1.82, 2.24) is 10.6 Å². The van der Waals surface area contributed by atoms with Gasteiger partial charge < -0.3 is 10.3 Å². The van der Waals surface area contributed by atoms with E-state index in [1.165, 1.54) is 17.8 Å². The molecule has 0 aliphatic carbocycles. The number of rotatable bonds is 4. The van der Waals surface area contributed by atoms with Crippen molar-refractivity contribution >= 4 is 35.0 Å². The number of nitrogens with two attached hydrogens (primary N) is 2. The van der Waals surface area contributed by atoms with E-state index in [0.717, 1.165) is 4.90 Å². The molecule has 0 aliphatic heterocycles. The minimum Gasteiger partial charge on any atom is -0.399 e. The van der Waals surface area contributed by atoms with Crippen molar-refractivity contribution in [2.75, 3.05) is 5.73 Å². The molecule has 0 saturated carbocycles. The standard InChI is InChI=1S/C11H11ClN4O2S/c12-8-3-6(13)1-2-10(8)19-5-7-4-9(16-18-7)11(17)15-14/h1-4H,5,13-14H2,(H,15,17). The van der Waals surface area contributed by atoms with E-state index in [1.807, 2.05) is 11.5 Å². The van der Waals surface area contributed by atoms with Gasteiger partial charge in [-0.2, -0.15) is 0 Å². The van der Waals surface area contributed by atoms with Gasteiger partial charge in [-0.25, -0.2) is 5.84 Å². The summed E-state index contributed by atoms with van der Waals surface area (Å²) in [7, 11) is 0. The van der Waals surface area contributed by atoms with Gasteiger partial charge in [0, 0.05) is 16.6 Å². The highest BCUT2D eigenvalue weighted by atomic mass is 35.5. The molecule has 0 saturated heterocycles. The Kier molecular flexibility index (Phi) is 4.31. The Morgan fingerprint density at radius 1 is 1.47 bits per heavy atom. The molecule has 1 heterocycles. The lowest BCUT2D eigenvalue weighted by molar-refractivity contribution is 0.0944. The van der Waals surface area contributed by atoms with Crippen LogP contribution in [0.15, 0.2) is 33.7 Å². The summed E-state index contributed by atoms with van der Waals surface area (Å²) in [5.74, 6) is 5.55. The molecule has 0 bridgehead atoms. The number of hydrogen-bond donors (Lipinski definition) is 3. The van der Waals surface area contributed by atoms with Gasteiger partial charge in [-0.1, -0.05) is 16.8 Å². The van der Waals surface area contributed by atoms with Crippen molar-refractivity contribution in [2.45, 2.75) is 10.6 Å². The monoisotopic (exact) mass is 298 g/mol. The number of aromatic nitrogens is 1. The number of carbonyl (C=O) groups is 1. The molecule has 19 heavy (non-hydrogen) atoms. The lowest BCUT2D eigenvalue weighted by Crippen LogP contribution is -2.30. The first kappa shape index (κ1) is 13.7. The van der Waals surface area contributed by atoms with Crippen LogP contribution in [0.2, 0.25) is 5.02 Å². The van der Waals surface area contributed by atoms with Crippen LogP contribution in [-0.2, 0) is 5.75 Å². The molecular formula is C11H11ClN4O2S. The summed E-state index contributed by atoms with van der Waals surface area (Å²) in [5, 5.41) is 4.18. The first-order valence-corrected chi connectivity index (χ1v) is 6.61. The van der Waals surface area contributed by atoms with Crippen LogP contribution in [-0.4, -0.2) is 11.1 Å². The number of hydrogen-bond acceptors (Lipinski definition) is 6. The molecule has 1 aromatic carbocycles. The number of nitrogen functional groups attached to an aromatic ring is 2. The van der Waals surface area contributed by atoms with E-state index in [-0.39, 0.29) is 5.69 Å². The highest BCUT2D eigenvalue weighted by Crippen LogP contribution is 2.31. The number of anilines is 1. The zero-order chi connectivity index (χ0) is 13.8. The number of halogens is 1. The molecular weight excluding hydrogens is 288 g/mol. The van der Waals surface area contributed by atoms with Crippen molar-refractivity contribution in [3.05, 3.63) is 40.7 Å². The first-order chi connectivity index (χ1) is 9.10. The van der Waals surface area contributed by atoms with Crippen LogP contribution in [0, 0.1) is 0 Å². The maximum Gasteiger partial charge on any atom is 0.287 e. The van der Waals surface area contributed by atoms with Gasteiger partial charge in [0.25, 0.3) is 5.91 Å². The summed E-state index contributed by atoms with van der Waals surface area (Å²) in [5.41, 5.74) is 8.34. The summed E-state index contributed by atoms with van der Waals surface area (Å²) in [6, 6.07) is 6.80. The lowest BCUT2D eigenvalue weighted by atomic mass is 10.3. The fourth-order valence-electron chi connectivity index (χ4n) is 1.34. The smallest absolute Gasteiger partial charge is 0.287 e. The first-order valence-electron chi connectivity index (χ1n) is 5.24. The molecule has 0 radical (unpaired) electrons. The summed E-state index contributed by atoms with van der Waals surface area (Å²) >= 11 is 7.50. The second-order valence-electron chi connectivity index (χ2n) is 3.63. The summed E-state index contributed by atoms with van der Waals surface area (Å²) in [4.78, 5) is 12.1. The number of carbonyl (C=O) groups excluding carboxylic acids is 1. The minimum atomic E-state index is -0.495. The van der Waals surface area contributed by atoms with Gasteiger partial charge in [0.05, 0.1) is 10.8 Å². The number of benzene rings is 1. The maximum atomic E-state index is 11.2. The lowest BCUT2D eigenvalue weighted by Gasteiger charge is -2.02. The topological polar surface area (TPSA) is 107 Å². The van der Waals surface area contributed by atoms with Crippen LogP contribution >= 0.6 is 23.4 Å². The van der Waals surface area contributed by atoms with Crippen molar-refractivity contribution in [3.63, 3.8) is 0 Å². The average molecular weight is 299 g/mol. The predicted octanol–water partition coefficient (Wildman–Crippen LogP) is 1.81. The largest absolute Gasteiger partial charge is 0.399 e. The molecule has 0 spiro atoms. The zero-order valence-electron chi connectivity index (χ0n) is 9.72. The average Bonchev–Trinajstić information content (AvgIpc) is 2.85. The van der Waals surface area contributed by atoms with E-state index in [0.29, 0.717) is 22.2 Å². The van der Waals surface area contributed by atoms with Gasteiger partial charge in [-0.15, -0.1) is 11.8 Å². The number of nitrogens with zero attached hydrogens (tertiary/aromatic N) is 1. The fraction of sp³-hybridized carbons (Fsp3) is 0.0909. The molecule has 1 amide bonds. The Bertz CT molecular complexity index is 602. The number of hydrazine groups is 1. The molecule has 5 N–H and O–H groups in total. The van der Waals surface area contributed by atoms with E-state index in [1.54, 1.807) is 12.1 Å². The van der Waals surface area contributed by atoms with Crippen molar-refractivity contribution in [2.24, 2.45) is 5.84 Å². The third kappa shape index (κ3) is 3.40. The molecule has 1 aromatic heterocycles. The highest BCUT2D eigenvalue weighted by molar-refractivity contribution is 7.98. The van der Waals surface area contributed by atoms with Crippen molar-refractivity contribution in [3.8, 4) is 0 Å². The Balaban J connectivity index is 2.02. The molecule has 8 heteroatoms. The van der Waals surface area contributed by atoms with E-state index in [2.05, 4.69) is 5.16 Å². The van der Waals surface area contributed by atoms with Gasteiger partial charge in [-0.05, 0) is 18.2 Å². The predicted molar refractivity (Wildman–Crippen MR) is 73.6 cm³/mol. The second-order valence-corrected chi connectivity index (χ2v) is 5.05. The Hall–Kier alpha value is -1.70. The highest BCUT2D eigenvalue weighted by Gasteiger charge is 2.11. The number of nitrogens with one attached hydrogen (secondary N) is 1. The third-order valence-corrected chi connectivity index (χ3v) is 3.77.